The average Bonchev–Trinajstić information content (AvgIpc) is 2.93. The van der Waals surface area contributed by atoms with Crippen LogP contribution in [0.2, 0.25) is 0 Å². The number of hydrogen-bond donors (Lipinski definition) is 2. The lowest BCUT2D eigenvalue weighted by atomic mass is 10.0. The number of ether oxygens (including phenoxy) is 4. The molecular weight excluding hydrogens is 556 g/mol. The number of esters is 3. The maximum absolute atomic E-state index is 12.9. The minimum absolute atomic E-state index is 0.0520. The number of alkyl carbamates (subject to hydrolysis) is 1. The number of nitrogens with one attached hydrogen (secondary N) is 2. The molecular formula is C32H50N2O9. The molecule has 0 radical (unpaired) electrons. The van der Waals surface area contributed by atoms with Crippen molar-refractivity contribution >= 4 is 29.9 Å². The first-order chi connectivity index (χ1) is 20.4. The van der Waals surface area contributed by atoms with Crippen LogP contribution >= 0.6 is 0 Å². The Kier molecular flexibility index (Phi) is 17.7. The van der Waals surface area contributed by atoms with Crippen LogP contribution in [0.4, 0.5) is 4.79 Å². The molecule has 0 aliphatic heterocycles. The van der Waals surface area contributed by atoms with E-state index in [9.17, 15) is 24.0 Å². The van der Waals surface area contributed by atoms with E-state index in [1.54, 1.807) is 26.8 Å². The van der Waals surface area contributed by atoms with E-state index in [0.717, 1.165) is 19.3 Å². The molecule has 0 aromatic heterocycles. The maximum atomic E-state index is 12.9. The molecule has 0 aliphatic carbocycles. The number of unbranched alkanes of at least 4 members (excludes halogenated alkanes) is 3. The van der Waals surface area contributed by atoms with Gasteiger partial charge in [-0.05, 0) is 64.2 Å². The first-order valence-electron chi connectivity index (χ1n) is 15.4. The molecule has 1 aromatic carbocycles. The van der Waals surface area contributed by atoms with Gasteiger partial charge in [-0.25, -0.2) is 9.59 Å². The molecule has 0 heterocycles. The van der Waals surface area contributed by atoms with Gasteiger partial charge in [0, 0.05) is 32.2 Å². The zero-order chi connectivity index (χ0) is 32.3. The first-order valence-corrected chi connectivity index (χ1v) is 15.4. The minimum atomic E-state index is -1.01. The number of hydrogen-bond acceptors (Lipinski definition) is 9. The minimum Gasteiger partial charge on any atom is -0.464 e. The number of benzene rings is 1. The summed E-state index contributed by atoms with van der Waals surface area (Å²) in [6.45, 7) is 11.6. The highest BCUT2D eigenvalue weighted by molar-refractivity contribution is 5.85. The van der Waals surface area contributed by atoms with Crippen molar-refractivity contribution in [2.45, 2.75) is 124 Å². The van der Waals surface area contributed by atoms with Gasteiger partial charge in [-0.2, -0.15) is 0 Å². The Balaban J connectivity index is 3.02. The second-order valence-electron chi connectivity index (χ2n) is 11.3. The molecule has 0 saturated carbocycles. The molecule has 2 amide bonds. The Bertz CT molecular complexity index is 1050. The van der Waals surface area contributed by atoms with Gasteiger partial charge in [-0.3, -0.25) is 14.4 Å². The van der Waals surface area contributed by atoms with E-state index in [2.05, 4.69) is 10.6 Å². The van der Waals surface area contributed by atoms with Crippen LogP contribution in [0.3, 0.4) is 0 Å². The maximum Gasteiger partial charge on any atom is 0.407 e. The van der Waals surface area contributed by atoms with Crippen LogP contribution < -0.4 is 20.1 Å². The van der Waals surface area contributed by atoms with Gasteiger partial charge in [0.25, 0.3) is 0 Å². The molecule has 242 valence electrons. The Morgan fingerprint density at radius 2 is 1.40 bits per heavy atom. The Labute approximate surface area is 255 Å². The van der Waals surface area contributed by atoms with E-state index in [4.69, 9.17) is 18.9 Å². The Morgan fingerprint density at radius 1 is 0.791 bits per heavy atom. The third-order valence-corrected chi connectivity index (χ3v) is 5.98. The zero-order valence-corrected chi connectivity index (χ0v) is 26.7. The van der Waals surface area contributed by atoms with Gasteiger partial charge in [0.2, 0.25) is 5.91 Å². The Hall–Kier alpha value is -3.63. The molecule has 1 rings (SSSR count). The van der Waals surface area contributed by atoms with Crippen molar-refractivity contribution in [3.05, 3.63) is 23.8 Å². The summed E-state index contributed by atoms with van der Waals surface area (Å²) >= 11 is 0. The summed E-state index contributed by atoms with van der Waals surface area (Å²) in [5, 5.41) is 5.33. The van der Waals surface area contributed by atoms with Crippen molar-refractivity contribution in [1.82, 2.24) is 10.6 Å². The topological polar surface area (TPSA) is 146 Å². The van der Waals surface area contributed by atoms with Crippen molar-refractivity contribution in [2.24, 2.45) is 0 Å². The van der Waals surface area contributed by atoms with E-state index in [0.29, 0.717) is 31.2 Å². The van der Waals surface area contributed by atoms with Gasteiger partial charge in [-0.1, -0.05) is 46.1 Å². The van der Waals surface area contributed by atoms with E-state index < -0.39 is 41.6 Å². The van der Waals surface area contributed by atoms with Crippen LogP contribution in [0.5, 0.6) is 11.5 Å². The smallest absolute Gasteiger partial charge is 0.407 e. The van der Waals surface area contributed by atoms with Gasteiger partial charge in [0.15, 0.2) is 11.5 Å². The molecule has 0 saturated heterocycles. The van der Waals surface area contributed by atoms with Gasteiger partial charge in [-0.15, -0.1) is 0 Å². The third-order valence-electron chi connectivity index (χ3n) is 5.98. The molecule has 11 nitrogen and oxygen atoms in total. The number of rotatable bonds is 19. The standard InChI is InChI=1S/C32H50N2O9/c1-7-10-15-28(36)41-25-18-17-23(22-26(25)42-29(37)16-11-8-2)21-24(30(38)40-20-12-9-3)34-27(35)14-13-19-33-31(39)43-32(4,5)6/h17-18,22,24H,7-16,19-21H2,1-6H3,(H,33,39)(H,34,35). The lowest BCUT2D eigenvalue weighted by Crippen LogP contribution is -2.43. The second-order valence-corrected chi connectivity index (χ2v) is 11.3. The number of carbonyl (C=O) groups is 5. The average molecular weight is 607 g/mol. The summed E-state index contributed by atoms with van der Waals surface area (Å²) in [7, 11) is 0. The summed E-state index contributed by atoms with van der Waals surface area (Å²) in [5.74, 6) is -1.71. The van der Waals surface area contributed by atoms with E-state index >= 15 is 0 Å². The SMILES string of the molecule is CCCCOC(=O)C(Cc1ccc(OC(=O)CCCC)c(OC(=O)CCCC)c1)NC(=O)CCCNC(=O)OC(C)(C)C. The highest BCUT2D eigenvalue weighted by atomic mass is 16.6. The lowest BCUT2D eigenvalue weighted by Gasteiger charge is -2.20. The van der Waals surface area contributed by atoms with Crippen LogP contribution in [-0.2, 0) is 35.1 Å². The molecule has 43 heavy (non-hydrogen) atoms. The molecule has 1 atom stereocenters. The van der Waals surface area contributed by atoms with Gasteiger partial charge >= 0.3 is 24.0 Å². The fraction of sp³-hybridized carbons (Fsp3) is 0.656. The molecule has 11 heteroatoms. The predicted octanol–water partition coefficient (Wildman–Crippen LogP) is 5.55. The predicted molar refractivity (Wildman–Crippen MR) is 162 cm³/mol. The number of amides is 2. The van der Waals surface area contributed by atoms with Gasteiger partial charge in [0.1, 0.15) is 11.6 Å². The molecule has 1 unspecified atom stereocenters. The monoisotopic (exact) mass is 606 g/mol. The summed E-state index contributed by atoms with van der Waals surface area (Å²) in [6, 6.07) is 3.69. The van der Waals surface area contributed by atoms with E-state index in [1.165, 1.54) is 12.1 Å². The van der Waals surface area contributed by atoms with Crippen molar-refractivity contribution in [3.8, 4) is 11.5 Å². The van der Waals surface area contributed by atoms with Gasteiger partial charge < -0.3 is 29.6 Å². The molecule has 1 aromatic rings. The fourth-order valence-electron chi connectivity index (χ4n) is 3.70. The quantitative estimate of drug-likeness (QED) is 0.117. The highest BCUT2D eigenvalue weighted by Crippen LogP contribution is 2.30. The summed E-state index contributed by atoms with van der Waals surface area (Å²) in [4.78, 5) is 62.2. The summed E-state index contributed by atoms with van der Waals surface area (Å²) in [6.07, 6.45) is 4.77. The van der Waals surface area contributed by atoms with Crippen LogP contribution in [0, 0.1) is 0 Å². The highest BCUT2D eigenvalue weighted by Gasteiger charge is 2.24. The van der Waals surface area contributed by atoms with Crippen molar-refractivity contribution in [1.29, 1.82) is 0 Å². The zero-order valence-electron chi connectivity index (χ0n) is 26.7. The van der Waals surface area contributed by atoms with Crippen LogP contribution in [0.25, 0.3) is 0 Å². The van der Waals surface area contributed by atoms with Crippen LogP contribution in [0.1, 0.15) is 111 Å². The van der Waals surface area contributed by atoms with Crippen molar-refractivity contribution in [3.63, 3.8) is 0 Å². The summed E-state index contributed by atoms with van der Waals surface area (Å²) in [5.41, 5.74) is -0.0638. The van der Waals surface area contributed by atoms with E-state index in [1.807, 2.05) is 20.8 Å². The summed E-state index contributed by atoms with van der Waals surface area (Å²) < 4.78 is 21.6. The second kappa shape index (κ2) is 20.3. The molecule has 0 fully saturated rings. The fourth-order valence-corrected chi connectivity index (χ4v) is 3.70. The van der Waals surface area contributed by atoms with Gasteiger partial charge in [0.05, 0.1) is 6.61 Å². The van der Waals surface area contributed by atoms with Crippen LogP contribution in [0.15, 0.2) is 18.2 Å². The molecule has 0 spiro atoms. The third kappa shape index (κ3) is 17.2. The van der Waals surface area contributed by atoms with E-state index in [-0.39, 0.29) is 50.3 Å². The van der Waals surface area contributed by atoms with Crippen molar-refractivity contribution < 1.29 is 42.9 Å². The lowest BCUT2D eigenvalue weighted by molar-refractivity contribution is -0.148. The molecule has 0 aliphatic rings. The van der Waals surface area contributed by atoms with Crippen molar-refractivity contribution in [2.75, 3.05) is 13.2 Å². The number of carbonyl (C=O) groups excluding carboxylic acids is 5. The van der Waals surface area contributed by atoms with Crippen LogP contribution in [-0.4, -0.2) is 54.7 Å². The molecule has 2 N–H and O–H groups in total. The normalized spacial score (nSPS) is 11.7. The molecule has 0 bridgehead atoms. The largest absolute Gasteiger partial charge is 0.464 e. The Morgan fingerprint density at radius 3 is 1.98 bits per heavy atom. The first kappa shape index (κ1) is 37.4.